The van der Waals surface area contributed by atoms with Crippen LogP contribution in [0.1, 0.15) is 41.3 Å². The molecule has 21 heavy (non-hydrogen) atoms. The van der Waals surface area contributed by atoms with Crippen molar-refractivity contribution < 1.29 is 9.53 Å². The van der Waals surface area contributed by atoms with Gasteiger partial charge in [-0.2, -0.15) is 0 Å². The van der Waals surface area contributed by atoms with Crippen molar-refractivity contribution in [3.8, 4) is 5.75 Å². The molecule has 0 saturated carbocycles. The summed E-state index contributed by atoms with van der Waals surface area (Å²) < 4.78 is 5.12. The Bertz CT molecular complexity index is 568. The van der Waals surface area contributed by atoms with Crippen LogP contribution in [0.4, 0.5) is 0 Å². The van der Waals surface area contributed by atoms with Crippen molar-refractivity contribution >= 4 is 5.78 Å². The first-order valence-corrected chi connectivity index (χ1v) is 7.48. The van der Waals surface area contributed by atoms with Gasteiger partial charge in [-0.15, -0.1) is 0 Å². The number of methoxy groups -OCH3 is 1. The SMILES string of the molecule is CCCCc1ccc(C(=O)Cc2ccc(OC)cc2)cc1. The zero-order valence-corrected chi connectivity index (χ0v) is 12.8. The van der Waals surface area contributed by atoms with Crippen LogP contribution in [-0.4, -0.2) is 12.9 Å². The monoisotopic (exact) mass is 282 g/mol. The van der Waals surface area contributed by atoms with E-state index in [1.807, 2.05) is 36.4 Å². The lowest BCUT2D eigenvalue weighted by molar-refractivity contribution is 0.0993. The number of ether oxygens (including phenoxy) is 1. The summed E-state index contributed by atoms with van der Waals surface area (Å²) in [7, 11) is 1.64. The Morgan fingerprint density at radius 3 is 2.14 bits per heavy atom. The Morgan fingerprint density at radius 1 is 0.952 bits per heavy atom. The lowest BCUT2D eigenvalue weighted by Crippen LogP contribution is -2.03. The summed E-state index contributed by atoms with van der Waals surface area (Å²) >= 11 is 0. The maximum absolute atomic E-state index is 12.3. The molecule has 2 nitrogen and oxygen atoms in total. The van der Waals surface area contributed by atoms with Crippen LogP contribution in [0.15, 0.2) is 48.5 Å². The predicted octanol–water partition coefficient (Wildman–Crippen LogP) is 4.46. The summed E-state index contributed by atoms with van der Waals surface area (Å²) in [5.41, 5.74) is 3.10. The minimum Gasteiger partial charge on any atom is -0.497 e. The predicted molar refractivity (Wildman–Crippen MR) is 86.1 cm³/mol. The van der Waals surface area contributed by atoms with Gasteiger partial charge in [0.2, 0.25) is 0 Å². The molecule has 0 aliphatic heterocycles. The smallest absolute Gasteiger partial charge is 0.167 e. The van der Waals surface area contributed by atoms with Gasteiger partial charge in [0.15, 0.2) is 5.78 Å². The molecule has 0 aliphatic carbocycles. The van der Waals surface area contributed by atoms with Gasteiger partial charge in [-0.1, -0.05) is 49.7 Å². The summed E-state index contributed by atoms with van der Waals surface area (Å²) in [6, 6.07) is 15.7. The molecule has 0 fully saturated rings. The fourth-order valence-corrected chi connectivity index (χ4v) is 2.27. The highest BCUT2D eigenvalue weighted by molar-refractivity contribution is 5.97. The van der Waals surface area contributed by atoms with Crippen LogP contribution in [0.5, 0.6) is 5.75 Å². The molecule has 0 atom stereocenters. The van der Waals surface area contributed by atoms with Crippen LogP contribution in [0.3, 0.4) is 0 Å². The molecule has 0 N–H and O–H groups in total. The lowest BCUT2D eigenvalue weighted by Gasteiger charge is -2.05. The number of ketones is 1. The third-order valence-corrected chi connectivity index (χ3v) is 3.62. The second-order valence-electron chi connectivity index (χ2n) is 5.25. The quantitative estimate of drug-likeness (QED) is 0.701. The summed E-state index contributed by atoms with van der Waals surface area (Å²) in [6.45, 7) is 2.19. The molecule has 0 saturated heterocycles. The molecule has 0 unspecified atom stereocenters. The number of Topliss-reactive ketones (excluding diaryl/α,β-unsaturated/α-hetero) is 1. The molecule has 0 aromatic heterocycles. The molecule has 0 bridgehead atoms. The van der Waals surface area contributed by atoms with Gasteiger partial charge in [-0.25, -0.2) is 0 Å². The van der Waals surface area contributed by atoms with Crippen LogP contribution in [0, 0.1) is 0 Å². The number of benzene rings is 2. The molecule has 0 radical (unpaired) electrons. The second-order valence-corrected chi connectivity index (χ2v) is 5.25. The Morgan fingerprint density at radius 2 is 1.57 bits per heavy atom. The van der Waals surface area contributed by atoms with Gasteiger partial charge in [-0.05, 0) is 36.1 Å². The summed E-state index contributed by atoms with van der Waals surface area (Å²) in [4.78, 5) is 12.3. The number of hydrogen-bond acceptors (Lipinski definition) is 2. The number of rotatable bonds is 7. The summed E-state index contributed by atoms with van der Waals surface area (Å²) in [6.07, 6.45) is 3.90. The number of hydrogen-bond donors (Lipinski definition) is 0. The third kappa shape index (κ3) is 4.45. The van der Waals surface area contributed by atoms with Gasteiger partial charge < -0.3 is 4.74 Å². The molecule has 2 rings (SSSR count). The maximum Gasteiger partial charge on any atom is 0.167 e. The van der Waals surface area contributed by atoms with E-state index in [1.165, 1.54) is 18.4 Å². The lowest BCUT2D eigenvalue weighted by atomic mass is 10.0. The van der Waals surface area contributed by atoms with Gasteiger partial charge in [0.05, 0.1) is 7.11 Å². The van der Waals surface area contributed by atoms with Crippen molar-refractivity contribution in [2.75, 3.05) is 7.11 Å². The van der Waals surface area contributed by atoms with E-state index in [0.29, 0.717) is 6.42 Å². The summed E-state index contributed by atoms with van der Waals surface area (Å²) in [5.74, 6) is 0.966. The van der Waals surface area contributed by atoms with Crippen molar-refractivity contribution in [1.82, 2.24) is 0 Å². The highest BCUT2D eigenvalue weighted by Gasteiger charge is 2.07. The van der Waals surface area contributed by atoms with Crippen LogP contribution < -0.4 is 4.74 Å². The fourth-order valence-electron chi connectivity index (χ4n) is 2.27. The van der Waals surface area contributed by atoms with Crippen molar-refractivity contribution in [2.24, 2.45) is 0 Å². The number of carbonyl (C=O) groups is 1. The molecule has 2 aromatic carbocycles. The Labute approximate surface area is 126 Å². The van der Waals surface area contributed by atoms with Gasteiger partial charge in [0.1, 0.15) is 5.75 Å². The average molecular weight is 282 g/mol. The first kappa shape index (κ1) is 15.3. The Balaban J connectivity index is 1.98. The molecule has 0 heterocycles. The normalized spacial score (nSPS) is 10.4. The maximum atomic E-state index is 12.3. The second kappa shape index (κ2) is 7.63. The van der Waals surface area contributed by atoms with Gasteiger partial charge >= 0.3 is 0 Å². The van der Waals surface area contributed by atoms with E-state index in [0.717, 1.165) is 23.3 Å². The fraction of sp³-hybridized carbons (Fsp3) is 0.316. The van der Waals surface area contributed by atoms with E-state index in [-0.39, 0.29) is 5.78 Å². The van der Waals surface area contributed by atoms with Crippen LogP contribution in [0.2, 0.25) is 0 Å². The molecular formula is C19H22O2. The largest absolute Gasteiger partial charge is 0.497 e. The zero-order valence-electron chi connectivity index (χ0n) is 12.8. The van der Waals surface area contributed by atoms with Crippen LogP contribution in [0.25, 0.3) is 0 Å². The third-order valence-electron chi connectivity index (χ3n) is 3.62. The van der Waals surface area contributed by atoms with Crippen molar-refractivity contribution in [2.45, 2.75) is 32.6 Å². The highest BCUT2D eigenvalue weighted by Crippen LogP contribution is 2.14. The van der Waals surface area contributed by atoms with E-state index in [1.54, 1.807) is 7.11 Å². The Kier molecular flexibility index (Phi) is 5.56. The molecular weight excluding hydrogens is 260 g/mol. The molecule has 0 amide bonds. The first-order chi connectivity index (χ1) is 10.2. The van der Waals surface area contributed by atoms with Crippen molar-refractivity contribution in [3.63, 3.8) is 0 Å². The van der Waals surface area contributed by atoms with Crippen LogP contribution >= 0.6 is 0 Å². The number of carbonyl (C=O) groups excluding carboxylic acids is 1. The van der Waals surface area contributed by atoms with Crippen molar-refractivity contribution in [1.29, 1.82) is 0 Å². The van der Waals surface area contributed by atoms with E-state index in [9.17, 15) is 4.79 Å². The molecule has 2 heteroatoms. The van der Waals surface area contributed by atoms with Gasteiger partial charge in [-0.3, -0.25) is 4.79 Å². The van der Waals surface area contributed by atoms with E-state index in [4.69, 9.17) is 4.74 Å². The van der Waals surface area contributed by atoms with Gasteiger partial charge in [0.25, 0.3) is 0 Å². The molecule has 110 valence electrons. The van der Waals surface area contributed by atoms with E-state index >= 15 is 0 Å². The minimum atomic E-state index is 0.155. The topological polar surface area (TPSA) is 26.3 Å². The summed E-state index contributed by atoms with van der Waals surface area (Å²) in [5, 5.41) is 0. The number of unbranched alkanes of at least 4 members (excludes halogenated alkanes) is 1. The van der Waals surface area contributed by atoms with E-state index < -0.39 is 0 Å². The Hall–Kier alpha value is -2.09. The average Bonchev–Trinajstić information content (AvgIpc) is 2.54. The van der Waals surface area contributed by atoms with Gasteiger partial charge in [0, 0.05) is 12.0 Å². The minimum absolute atomic E-state index is 0.155. The van der Waals surface area contributed by atoms with Crippen LogP contribution in [-0.2, 0) is 12.8 Å². The molecule has 0 spiro atoms. The molecule has 2 aromatic rings. The first-order valence-electron chi connectivity index (χ1n) is 7.48. The van der Waals surface area contributed by atoms with E-state index in [2.05, 4.69) is 19.1 Å². The zero-order chi connectivity index (χ0) is 15.1. The molecule has 0 aliphatic rings. The standard InChI is InChI=1S/C19H22O2/c1-3-4-5-15-6-10-17(11-7-15)19(20)14-16-8-12-18(21-2)13-9-16/h6-13H,3-5,14H2,1-2H3. The highest BCUT2D eigenvalue weighted by atomic mass is 16.5. The number of aryl methyl sites for hydroxylation is 1. The van der Waals surface area contributed by atoms with Crippen molar-refractivity contribution in [3.05, 3.63) is 65.2 Å².